The summed E-state index contributed by atoms with van der Waals surface area (Å²) < 4.78 is 11.4. The summed E-state index contributed by atoms with van der Waals surface area (Å²) >= 11 is 6.99. The van der Waals surface area contributed by atoms with Gasteiger partial charge in [0.15, 0.2) is 6.61 Å². The van der Waals surface area contributed by atoms with Gasteiger partial charge in [-0.2, -0.15) is 0 Å². The van der Waals surface area contributed by atoms with E-state index in [2.05, 4.69) is 5.32 Å². The maximum Gasteiger partial charge on any atom is 0.293 e. The molecule has 0 aromatic heterocycles. The van der Waals surface area contributed by atoms with Crippen molar-refractivity contribution in [2.45, 2.75) is 20.8 Å². The molecule has 0 atom stereocenters. The van der Waals surface area contributed by atoms with Gasteiger partial charge in [-0.1, -0.05) is 41.9 Å². The van der Waals surface area contributed by atoms with Crippen LogP contribution in [0.25, 0.3) is 6.08 Å². The summed E-state index contributed by atoms with van der Waals surface area (Å²) in [6.45, 7) is 6.02. The van der Waals surface area contributed by atoms with Gasteiger partial charge in [0.05, 0.1) is 11.4 Å². The van der Waals surface area contributed by atoms with Gasteiger partial charge in [0, 0.05) is 10.7 Å². The van der Waals surface area contributed by atoms with Crippen molar-refractivity contribution < 1.29 is 23.9 Å². The van der Waals surface area contributed by atoms with Crippen LogP contribution in [-0.4, -0.2) is 41.7 Å². The Balaban J connectivity index is 1.28. The van der Waals surface area contributed by atoms with E-state index in [-0.39, 0.29) is 36.8 Å². The minimum absolute atomic E-state index is 0.166. The van der Waals surface area contributed by atoms with E-state index in [9.17, 15) is 14.4 Å². The number of nitrogens with zero attached hydrogens (tertiary/aromatic N) is 1. The van der Waals surface area contributed by atoms with Crippen LogP contribution in [0.3, 0.4) is 0 Å². The van der Waals surface area contributed by atoms with Crippen LogP contribution in [0.15, 0.2) is 65.6 Å². The Kier molecular flexibility index (Phi) is 8.76. The summed E-state index contributed by atoms with van der Waals surface area (Å²) in [5.74, 6) is 0.574. The lowest BCUT2D eigenvalue weighted by Gasteiger charge is -2.14. The molecule has 0 bridgehead atoms. The predicted molar refractivity (Wildman–Crippen MR) is 151 cm³/mol. The summed E-state index contributed by atoms with van der Waals surface area (Å²) in [6.07, 6.45) is 1.66. The van der Waals surface area contributed by atoms with Crippen LogP contribution in [0.5, 0.6) is 11.5 Å². The minimum atomic E-state index is -0.349. The number of nitrogens with one attached hydrogen (secondary N) is 1. The molecule has 1 heterocycles. The van der Waals surface area contributed by atoms with E-state index in [0.29, 0.717) is 21.4 Å². The third kappa shape index (κ3) is 6.96. The quantitative estimate of drug-likeness (QED) is 0.310. The van der Waals surface area contributed by atoms with Crippen molar-refractivity contribution >= 4 is 52.2 Å². The van der Waals surface area contributed by atoms with E-state index in [1.165, 1.54) is 4.90 Å². The van der Waals surface area contributed by atoms with Gasteiger partial charge in [-0.3, -0.25) is 19.3 Å². The highest BCUT2D eigenvalue weighted by atomic mass is 35.5. The van der Waals surface area contributed by atoms with Crippen LogP contribution in [0.2, 0.25) is 5.02 Å². The second-order valence-electron chi connectivity index (χ2n) is 8.82. The highest BCUT2D eigenvalue weighted by molar-refractivity contribution is 8.18. The van der Waals surface area contributed by atoms with Crippen LogP contribution >= 0.6 is 23.4 Å². The molecule has 0 radical (unpaired) electrons. The van der Waals surface area contributed by atoms with Gasteiger partial charge in [-0.15, -0.1) is 0 Å². The first-order valence-corrected chi connectivity index (χ1v) is 13.1. The van der Waals surface area contributed by atoms with Gasteiger partial charge in [-0.05, 0) is 91.2 Å². The number of hydrogen-bond donors (Lipinski definition) is 1. The number of hydrogen-bond acceptors (Lipinski definition) is 6. The third-order valence-corrected chi connectivity index (χ3v) is 7.11. The Hall–Kier alpha value is -3.75. The molecule has 1 aliphatic heterocycles. The molecule has 1 fully saturated rings. The SMILES string of the molecule is Cc1ccc(C)c(OCCN2C(=O)S/C(=C\c3ccc(OCC(=O)Nc4ccc(C)c(Cl)c4)cc3)C2=O)c1. The zero-order chi connectivity index (χ0) is 27.2. The number of carbonyl (C=O) groups is 3. The molecular formula is C29H27ClN2O5S. The number of ether oxygens (including phenoxy) is 2. The van der Waals surface area contributed by atoms with Gasteiger partial charge < -0.3 is 14.8 Å². The summed E-state index contributed by atoms with van der Waals surface area (Å²) in [7, 11) is 0. The number of halogens is 1. The van der Waals surface area contributed by atoms with Crippen molar-refractivity contribution in [1.82, 2.24) is 4.90 Å². The Bertz CT molecular complexity index is 1400. The van der Waals surface area contributed by atoms with E-state index < -0.39 is 0 Å². The minimum Gasteiger partial charge on any atom is -0.491 e. The molecule has 1 aliphatic rings. The van der Waals surface area contributed by atoms with Crippen LogP contribution in [0.4, 0.5) is 10.5 Å². The van der Waals surface area contributed by atoms with E-state index in [1.54, 1.807) is 42.5 Å². The molecule has 0 spiro atoms. The fourth-order valence-electron chi connectivity index (χ4n) is 3.63. The first-order valence-electron chi connectivity index (χ1n) is 11.9. The Morgan fingerprint density at radius 3 is 2.45 bits per heavy atom. The molecule has 4 rings (SSSR count). The molecule has 3 amide bonds. The van der Waals surface area contributed by atoms with Crippen molar-refractivity contribution in [3.05, 3.63) is 92.8 Å². The summed E-state index contributed by atoms with van der Waals surface area (Å²) in [4.78, 5) is 38.9. The second kappa shape index (κ2) is 12.2. The molecule has 3 aromatic rings. The zero-order valence-electron chi connectivity index (χ0n) is 21.2. The number of carbonyl (C=O) groups excluding carboxylic acids is 3. The van der Waals surface area contributed by atoms with E-state index in [4.69, 9.17) is 21.1 Å². The summed E-state index contributed by atoms with van der Waals surface area (Å²) in [5, 5.41) is 2.98. The van der Waals surface area contributed by atoms with Gasteiger partial charge in [0.2, 0.25) is 0 Å². The van der Waals surface area contributed by atoms with Crippen molar-refractivity contribution in [2.75, 3.05) is 25.1 Å². The average molecular weight is 551 g/mol. The molecule has 1 N–H and O–H groups in total. The lowest BCUT2D eigenvalue weighted by molar-refractivity contribution is -0.123. The molecular weight excluding hydrogens is 524 g/mol. The van der Waals surface area contributed by atoms with E-state index >= 15 is 0 Å². The summed E-state index contributed by atoms with van der Waals surface area (Å²) in [5.41, 5.74) is 4.32. The monoisotopic (exact) mass is 550 g/mol. The maximum atomic E-state index is 12.8. The highest BCUT2D eigenvalue weighted by Crippen LogP contribution is 2.32. The first-order chi connectivity index (χ1) is 18.2. The standard InChI is InChI=1S/C29H27ClN2O5S/c1-18-4-5-20(3)25(14-18)36-13-12-32-28(34)26(38-29(32)35)15-21-7-10-23(11-8-21)37-17-27(33)31-22-9-6-19(2)24(30)16-22/h4-11,14-16H,12-13,17H2,1-3H3,(H,31,33)/b26-15-. The molecule has 1 saturated heterocycles. The van der Waals surface area contributed by atoms with Crippen molar-refractivity contribution in [2.24, 2.45) is 0 Å². The van der Waals surface area contributed by atoms with Crippen LogP contribution in [-0.2, 0) is 9.59 Å². The van der Waals surface area contributed by atoms with Crippen LogP contribution < -0.4 is 14.8 Å². The molecule has 0 aliphatic carbocycles. The van der Waals surface area contributed by atoms with E-state index in [0.717, 1.165) is 39.8 Å². The molecule has 0 saturated carbocycles. The molecule has 3 aromatic carbocycles. The molecule has 7 nitrogen and oxygen atoms in total. The number of benzene rings is 3. The normalized spacial score (nSPS) is 14.2. The number of rotatable bonds is 9. The number of amides is 3. The van der Waals surface area contributed by atoms with Crippen LogP contribution in [0, 0.1) is 20.8 Å². The smallest absolute Gasteiger partial charge is 0.293 e. The zero-order valence-corrected chi connectivity index (χ0v) is 22.8. The Morgan fingerprint density at radius 1 is 0.974 bits per heavy atom. The fraction of sp³-hybridized carbons (Fsp3) is 0.207. The lowest BCUT2D eigenvalue weighted by atomic mass is 10.1. The Labute approximate surface area is 230 Å². The van der Waals surface area contributed by atoms with Crippen molar-refractivity contribution in [3.63, 3.8) is 0 Å². The molecule has 0 unspecified atom stereocenters. The second-order valence-corrected chi connectivity index (χ2v) is 10.2. The highest BCUT2D eigenvalue weighted by Gasteiger charge is 2.34. The lowest BCUT2D eigenvalue weighted by Crippen LogP contribution is -2.32. The number of aryl methyl sites for hydroxylation is 3. The van der Waals surface area contributed by atoms with Gasteiger partial charge >= 0.3 is 0 Å². The van der Waals surface area contributed by atoms with E-state index in [1.807, 2.05) is 45.0 Å². The van der Waals surface area contributed by atoms with Crippen LogP contribution in [0.1, 0.15) is 22.3 Å². The maximum absolute atomic E-state index is 12.8. The first kappa shape index (κ1) is 27.3. The van der Waals surface area contributed by atoms with Gasteiger partial charge in [-0.25, -0.2) is 0 Å². The third-order valence-electron chi connectivity index (χ3n) is 5.79. The van der Waals surface area contributed by atoms with Crippen molar-refractivity contribution in [1.29, 1.82) is 0 Å². The molecule has 196 valence electrons. The molecule has 38 heavy (non-hydrogen) atoms. The van der Waals surface area contributed by atoms with Gasteiger partial charge in [0.1, 0.15) is 18.1 Å². The largest absolute Gasteiger partial charge is 0.491 e. The molecule has 9 heteroatoms. The fourth-order valence-corrected chi connectivity index (χ4v) is 4.68. The number of thioether (sulfide) groups is 1. The van der Waals surface area contributed by atoms with Crippen molar-refractivity contribution in [3.8, 4) is 11.5 Å². The Morgan fingerprint density at radius 2 is 1.71 bits per heavy atom. The predicted octanol–water partition coefficient (Wildman–Crippen LogP) is 6.40. The summed E-state index contributed by atoms with van der Waals surface area (Å²) in [6, 6.07) is 18.1. The topological polar surface area (TPSA) is 84.9 Å². The van der Waals surface area contributed by atoms with Gasteiger partial charge in [0.25, 0.3) is 17.1 Å². The average Bonchev–Trinajstić information content (AvgIpc) is 3.15. The number of anilines is 1. The number of imide groups is 1.